The van der Waals surface area contributed by atoms with Crippen molar-refractivity contribution in [2.75, 3.05) is 0 Å². The van der Waals surface area contributed by atoms with Gasteiger partial charge in [-0.1, -0.05) is 96.1 Å². The lowest BCUT2D eigenvalue weighted by atomic mass is 9.96. The minimum absolute atomic E-state index is 0.0771. The van der Waals surface area contributed by atoms with Crippen molar-refractivity contribution in [3.8, 4) is 0 Å². The molecule has 0 saturated carbocycles. The van der Waals surface area contributed by atoms with Gasteiger partial charge in [0, 0.05) is 33.4 Å². The largest absolute Gasteiger partial charge is 0.289 e. The molecular weight excluding hydrogens is 396 g/mol. The number of hydrogen-bond donors (Lipinski definition) is 0. The highest BCUT2D eigenvalue weighted by molar-refractivity contribution is 6.13. The summed E-state index contributed by atoms with van der Waals surface area (Å²) in [5, 5.41) is 0. The number of carbonyl (C=O) groups excluding carboxylic acids is 3. The van der Waals surface area contributed by atoms with Gasteiger partial charge in [-0.3, -0.25) is 14.4 Å². The minimum Gasteiger partial charge on any atom is -0.289 e. The summed E-state index contributed by atoms with van der Waals surface area (Å²) in [6.45, 7) is 3.89. The third-order valence-corrected chi connectivity index (χ3v) is 5.38. The third-order valence-electron chi connectivity index (χ3n) is 5.38. The van der Waals surface area contributed by atoms with E-state index in [1.165, 1.54) is 0 Å². The molecule has 0 saturated heterocycles. The molecule has 4 rings (SSSR count). The molecule has 4 aromatic carbocycles. The van der Waals surface area contributed by atoms with Crippen LogP contribution in [0.2, 0.25) is 0 Å². The molecule has 0 radical (unpaired) electrons. The van der Waals surface area contributed by atoms with Gasteiger partial charge in [0.15, 0.2) is 17.3 Å². The highest BCUT2D eigenvalue weighted by Crippen LogP contribution is 2.17. The van der Waals surface area contributed by atoms with Gasteiger partial charge in [0.25, 0.3) is 0 Å². The summed E-state index contributed by atoms with van der Waals surface area (Å²) < 4.78 is 0. The summed E-state index contributed by atoms with van der Waals surface area (Å²) in [6.07, 6.45) is 0. The molecule has 0 aliphatic carbocycles. The molecule has 3 nitrogen and oxygen atoms in total. The van der Waals surface area contributed by atoms with E-state index in [-0.39, 0.29) is 17.3 Å². The first kappa shape index (κ1) is 21.1. The summed E-state index contributed by atoms with van der Waals surface area (Å²) in [6, 6.07) is 28.2. The maximum atomic E-state index is 12.9. The second-order valence-electron chi connectivity index (χ2n) is 7.88. The Kier molecular flexibility index (Phi) is 5.91. The minimum atomic E-state index is -0.158. The zero-order valence-corrected chi connectivity index (χ0v) is 18.0. The highest BCUT2D eigenvalue weighted by Gasteiger charge is 2.14. The van der Waals surface area contributed by atoms with Crippen LogP contribution in [0.1, 0.15) is 58.9 Å². The molecule has 3 heteroatoms. The van der Waals surface area contributed by atoms with E-state index in [1.54, 1.807) is 60.7 Å². The zero-order chi connectivity index (χ0) is 22.7. The van der Waals surface area contributed by atoms with Crippen molar-refractivity contribution < 1.29 is 14.4 Å². The van der Waals surface area contributed by atoms with Crippen LogP contribution in [-0.4, -0.2) is 17.3 Å². The quantitative estimate of drug-likeness (QED) is 0.361. The molecule has 0 atom stereocenters. The Balaban J connectivity index is 1.51. The standard InChI is InChI=1S/C29H22O3/c1-19-5-3-7-25(17-19)28(31)23-13-9-21(10-14-23)27(30)22-11-15-24(16-12-22)29(32)26-8-4-6-20(2)18-26/h3-18H,1-2H3. The van der Waals surface area contributed by atoms with Crippen LogP contribution in [0, 0.1) is 13.8 Å². The Morgan fingerprint density at radius 1 is 0.406 bits per heavy atom. The first-order valence-corrected chi connectivity index (χ1v) is 10.4. The predicted molar refractivity (Wildman–Crippen MR) is 126 cm³/mol. The van der Waals surface area contributed by atoms with Crippen LogP contribution >= 0.6 is 0 Å². The van der Waals surface area contributed by atoms with E-state index in [9.17, 15) is 14.4 Å². The van der Waals surface area contributed by atoms with Crippen LogP contribution in [0.15, 0.2) is 97.1 Å². The molecule has 0 aromatic heterocycles. The van der Waals surface area contributed by atoms with E-state index in [0.717, 1.165) is 11.1 Å². The second kappa shape index (κ2) is 8.94. The molecule has 0 amide bonds. The average molecular weight is 418 g/mol. The lowest BCUT2D eigenvalue weighted by Crippen LogP contribution is -2.06. The van der Waals surface area contributed by atoms with E-state index in [4.69, 9.17) is 0 Å². The molecule has 32 heavy (non-hydrogen) atoms. The first-order valence-electron chi connectivity index (χ1n) is 10.4. The van der Waals surface area contributed by atoms with Crippen LogP contribution < -0.4 is 0 Å². The summed E-state index contributed by atoms with van der Waals surface area (Å²) in [7, 11) is 0. The molecule has 0 aliphatic heterocycles. The van der Waals surface area contributed by atoms with Gasteiger partial charge in [0.2, 0.25) is 0 Å². The van der Waals surface area contributed by atoms with Crippen molar-refractivity contribution in [2.45, 2.75) is 13.8 Å². The number of carbonyl (C=O) groups is 3. The van der Waals surface area contributed by atoms with Crippen molar-refractivity contribution in [1.82, 2.24) is 0 Å². The Morgan fingerprint density at radius 2 is 0.688 bits per heavy atom. The molecule has 0 aliphatic rings. The number of aryl methyl sites for hydroxylation is 2. The molecule has 0 heterocycles. The molecule has 0 spiro atoms. The molecular formula is C29H22O3. The molecule has 0 unspecified atom stereocenters. The fourth-order valence-corrected chi connectivity index (χ4v) is 3.62. The van der Waals surface area contributed by atoms with Crippen molar-refractivity contribution in [3.63, 3.8) is 0 Å². The van der Waals surface area contributed by atoms with Gasteiger partial charge in [0.1, 0.15) is 0 Å². The van der Waals surface area contributed by atoms with Gasteiger partial charge in [-0.05, 0) is 26.0 Å². The molecule has 156 valence electrons. The Hall–Kier alpha value is -4.11. The van der Waals surface area contributed by atoms with Gasteiger partial charge in [-0.2, -0.15) is 0 Å². The summed E-state index contributed by atoms with van der Waals surface area (Å²) in [4.78, 5) is 38.2. The fraction of sp³-hybridized carbons (Fsp3) is 0.0690. The maximum absolute atomic E-state index is 12.9. The molecule has 0 N–H and O–H groups in total. The van der Waals surface area contributed by atoms with Crippen LogP contribution in [0.5, 0.6) is 0 Å². The zero-order valence-electron chi connectivity index (χ0n) is 18.0. The number of rotatable bonds is 6. The van der Waals surface area contributed by atoms with Crippen LogP contribution in [-0.2, 0) is 0 Å². The van der Waals surface area contributed by atoms with Crippen LogP contribution in [0.4, 0.5) is 0 Å². The van der Waals surface area contributed by atoms with Crippen molar-refractivity contribution in [1.29, 1.82) is 0 Å². The number of benzene rings is 4. The Morgan fingerprint density at radius 3 is 0.969 bits per heavy atom. The van der Waals surface area contributed by atoms with Gasteiger partial charge in [-0.15, -0.1) is 0 Å². The van der Waals surface area contributed by atoms with Gasteiger partial charge >= 0.3 is 0 Å². The van der Waals surface area contributed by atoms with Crippen LogP contribution in [0.25, 0.3) is 0 Å². The molecule has 4 aromatic rings. The first-order chi connectivity index (χ1) is 15.4. The van der Waals surface area contributed by atoms with E-state index < -0.39 is 0 Å². The maximum Gasteiger partial charge on any atom is 0.193 e. The molecule has 0 bridgehead atoms. The second-order valence-corrected chi connectivity index (χ2v) is 7.88. The van der Waals surface area contributed by atoms with Gasteiger partial charge < -0.3 is 0 Å². The van der Waals surface area contributed by atoms with Gasteiger partial charge in [-0.25, -0.2) is 0 Å². The Labute approximate surface area is 187 Å². The molecule has 0 fully saturated rings. The topological polar surface area (TPSA) is 51.2 Å². The summed E-state index contributed by atoms with van der Waals surface area (Å²) in [5.41, 5.74) is 5.33. The monoisotopic (exact) mass is 418 g/mol. The SMILES string of the molecule is Cc1cccc(C(=O)c2ccc(C(=O)c3ccc(C(=O)c4cccc(C)c4)cc3)cc2)c1. The number of ketones is 3. The Bertz CT molecular complexity index is 1210. The van der Waals surface area contributed by atoms with Crippen molar-refractivity contribution in [2.24, 2.45) is 0 Å². The van der Waals surface area contributed by atoms with E-state index in [0.29, 0.717) is 33.4 Å². The van der Waals surface area contributed by atoms with E-state index in [1.807, 2.05) is 50.2 Å². The van der Waals surface area contributed by atoms with Gasteiger partial charge in [0.05, 0.1) is 0 Å². The lowest BCUT2D eigenvalue weighted by molar-refractivity contribution is 0.102. The predicted octanol–water partition coefficient (Wildman–Crippen LogP) is 6.00. The van der Waals surface area contributed by atoms with Crippen LogP contribution in [0.3, 0.4) is 0 Å². The highest BCUT2D eigenvalue weighted by atomic mass is 16.1. The summed E-state index contributed by atoms with van der Waals surface area (Å²) in [5.74, 6) is -0.312. The fourth-order valence-electron chi connectivity index (χ4n) is 3.62. The lowest BCUT2D eigenvalue weighted by Gasteiger charge is -2.06. The average Bonchev–Trinajstić information content (AvgIpc) is 2.83. The summed E-state index contributed by atoms with van der Waals surface area (Å²) >= 11 is 0. The third kappa shape index (κ3) is 4.47. The van der Waals surface area contributed by atoms with Crippen molar-refractivity contribution in [3.05, 3.63) is 142 Å². The number of hydrogen-bond acceptors (Lipinski definition) is 3. The van der Waals surface area contributed by atoms with E-state index in [2.05, 4.69) is 0 Å². The van der Waals surface area contributed by atoms with E-state index >= 15 is 0 Å². The smallest absolute Gasteiger partial charge is 0.193 e. The van der Waals surface area contributed by atoms with Crippen molar-refractivity contribution >= 4 is 17.3 Å². The normalized spacial score (nSPS) is 10.6.